The highest BCUT2D eigenvalue weighted by Gasteiger charge is 2.07. The first kappa shape index (κ1) is 23.0. The van der Waals surface area contributed by atoms with Gasteiger partial charge in [0.25, 0.3) is 0 Å². The van der Waals surface area contributed by atoms with Gasteiger partial charge in [-0.1, -0.05) is 19.9 Å². The van der Waals surface area contributed by atoms with E-state index in [0.717, 1.165) is 50.2 Å². The molecule has 0 aliphatic carbocycles. The Hall–Kier alpha value is -1.01. The van der Waals surface area contributed by atoms with Crippen LogP contribution in [-0.4, -0.2) is 40.2 Å². The molecule has 0 saturated heterocycles. The number of halogens is 2. The number of benzene rings is 1. The fourth-order valence-electron chi connectivity index (χ4n) is 2.86. The first-order valence-corrected chi connectivity index (χ1v) is 8.15. The van der Waals surface area contributed by atoms with Gasteiger partial charge >= 0.3 is 5.69 Å². The van der Waals surface area contributed by atoms with E-state index in [4.69, 9.17) is 0 Å². The monoisotopic (exact) mass is 376 g/mol. The van der Waals surface area contributed by atoms with Gasteiger partial charge in [0.2, 0.25) is 0 Å². The van der Waals surface area contributed by atoms with Crippen molar-refractivity contribution < 1.29 is 0 Å². The third-order valence-electron chi connectivity index (χ3n) is 4.39. The van der Waals surface area contributed by atoms with Gasteiger partial charge in [-0.15, -0.1) is 24.8 Å². The number of imidazole rings is 1. The van der Waals surface area contributed by atoms with Crippen molar-refractivity contribution in [3.05, 3.63) is 34.2 Å². The van der Waals surface area contributed by atoms with E-state index < -0.39 is 0 Å². The van der Waals surface area contributed by atoms with E-state index in [1.54, 1.807) is 9.13 Å². The number of rotatable bonds is 8. The molecule has 0 aliphatic heterocycles. The molecule has 2 aromatic rings. The molecule has 2 rings (SSSR count). The van der Waals surface area contributed by atoms with Crippen molar-refractivity contribution in [3.63, 3.8) is 0 Å². The normalized spacial score (nSPS) is 10.7. The maximum atomic E-state index is 11.9. The van der Waals surface area contributed by atoms with Crippen LogP contribution in [0.3, 0.4) is 0 Å². The van der Waals surface area contributed by atoms with E-state index in [9.17, 15) is 4.79 Å². The molecule has 7 heteroatoms. The summed E-state index contributed by atoms with van der Waals surface area (Å²) in [6.45, 7) is 9.66. The summed E-state index contributed by atoms with van der Waals surface area (Å²) in [5.41, 5.74) is 3.23. The molecule has 0 aliphatic rings. The van der Waals surface area contributed by atoms with Crippen LogP contribution >= 0.6 is 24.8 Å². The Morgan fingerprint density at radius 2 is 1.67 bits per heavy atom. The van der Waals surface area contributed by atoms with E-state index in [0.29, 0.717) is 0 Å². The quantitative estimate of drug-likeness (QED) is 0.719. The lowest BCUT2D eigenvalue weighted by atomic mass is 10.2. The fourth-order valence-corrected chi connectivity index (χ4v) is 2.86. The van der Waals surface area contributed by atoms with Crippen molar-refractivity contribution >= 4 is 35.8 Å². The van der Waals surface area contributed by atoms with Crippen molar-refractivity contribution in [1.82, 2.24) is 19.4 Å². The van der Waals surface area contributed by atoms with Crippen LogP contribution in [0.2, 0.25) is 0 Å². The average molecular weight is 377 g/mol. The van der Waals surface area contributed by atoms with E-state index in [2.05, 4.69) is 36.2 Å². The molecule has 0 radical (unpaired) electrons. The molecule has 1 N–H and O–H groups in total. The minimum Gasteiger partial charge on any atom is -0.313 e. The topological polar surface area (TPSA) is 42.2 Å². The predicted molar refractivity (Wildman–Crippen MR) is 107 cm³/mol. The van der Waals surface area contributed by atoms with Gasteiger partial charge in [0.05, 0.1) is 11.0 Å². The van der Waals surface area contributed by atoms with Gasteiger partial charge < -0.3 is 10.2 Å². The predicted octanol–water partition coefficient (Wildman–Crippen LogP) is 2.54. The minimum absolute atomic E-state index is 0. The van der Waals surface area contributed by atoms with Crippen molar-refractivity contribution in [2.24, 2.45) is 14.1 Å². The van der Waals surface area contributed by atoms with E-state index in [1.165, 1.54) is 5.56 Å². The van der Waals surface area contributed by atoms with Gasteiger partial charge in [0.1, 0.15) is 0 Å². The largest absolute Gasteiger partial charge is 0.328 e. The van der Waals surface area contributed by atoms with Crippen molar-refractivity contribution in [3.8, 4) is 0 Å². The number of hydrogen-bond acceptors (Lipinski definition) is 3. The average Bonchev–Trinajstić information content (AvgIpc) is 2.75. The third kappa shape index (κ3) is 5.24. The van der Waals surface area contributed by atoms with E-state index >= 15 is 0 Å². The Bertz CT molecular complexity index is 677. The van der Waals surface area contributed by atoms with Crippen LogP contribution < -0.4 is 11.0 Å². The molecule has 5 nitrogen and oxygen atoms in total. The Labute approximate surface area is 156 Å². The Morgan fingerprint density at radius 3 is 2.29 bits per heavy atom. The molecule has 0 fully saturated rings. The smallest absolute Gasteiger partial charge is 0.313 e. The van der Waals surface area contributed by atoms with Crippen LogP contribution in [0.15, 0.2) is 23.0 Å². The summed E-state index contributed by atoms with van der Waals surface area (Å²) < 4.78 is 3.40. The highest BCUT2D eigenvalue weighted by molar-refractivity contribution is 5.85. The lowest BCUT2D eigenvalue weighted by molar-refractivity contribution is 0.298. The second-order valence-corrected chi connectivity index (χ2v) is 5.78. The fraction of sp³-hybridized carbons (Fsp3) is 0.588. The summed E-state index contributed by atoms with van der Waals surface area (Å²) >= 11 is 0. The Kier molecular flexibility index (Phi) is 10.3. The summed E-state index contributed by atoms with van der Waals surface area (Å²) in [6.07, 6.45) is 1.16. The van der Waals surface area contributed by atoms with Gasteiger partial charge in [0.15, 0.2) is 0 Å². The van der Waals surface area contributed by atoms with Crippen LogP contribution in [0, 0.1) is 0 Å². The van der Waals surface area contributed by atoms with Gasteiger partial charge in [0, 0.05) is 20.6 Å². The third-order valence-corrected chi connectivity index (χ3v) is 4.39. The molecule has 0 spiro atoms. The molecule has 0 unspecified atom stereocenters. The summed E-state index contributed by atoms with van der Waals surface area (Å²) in [5.74, 6) is 0. The standard InChI is InChI=1S/C17H28N4O.2ClH/c1-5-21(6-2)11-7-10-18-13-14-8-9-15-16(12-14)20(4)17(22)19(15)3;;/h8-9,12,18H,5-7,10-11,13H2,1-4H3;2*1H. The van der Waals surface area contributed by atoms with Crippen molar-refractivity contribution in [2.45, 2.75) is 26.8 Å². The highest BCUT2D eigenvalue weighted by Crippen LogP contribution is 2.13. The number of hydrogen-bond donors (Lipinski definition) is 1. The van der Waals surface area contributed by atoms with Gasteiger partial charge in [-0.05, 0) is 50.3 Å². The van der Waals surface area contributed by atoms with E-state index in [1.807, 2.05) is 20.2 Å². The second-order valence-electron chi connectivity index (χ2n) is 5.78. The lowest BCUT2D eigenvalue weighted by Gasteiger charge is -2.17. The summed E-state index contributed by atoms with van der Waals surface area (Å²) in [7, 11) is 3.64. The van der Waals surface area contributed by atoms with E-state index in [-0.39, 0.29) is 30.5 Å². The number of aromatic nitrogens is 2. The number of aryl methyl sites for hydroxylation is 2. The molecule has 24 heavy (non-hydrogen) atoms. The maximum Gasteiger partial charge on any atom is 0.328 e. The first-order valence-electron chi connectivity index (χ1n) is 8.15. The summed E-state index contributed by atoms with van der Waals surface area (Å²) in [6, 6.07) is 6.23. The van der Waals surface area contributed by atoms with Crippen LogP contribution in [-0.2, 0) is 20.6 Å². The molecular formula is C17H30Cl2N4O. The molecule has 0 saturated carbocycles. The van der Waals surface area contributed by atoms with Crippen LogP contribution in [0.1, 0.15) is 25.8 Å². The molecule has 1 heterocycles. The maximum absolute atomic E-state index is 11.9. The van der Waals surface area contributed by atoms with Gasteiger partial charge in [-0.2, -0.15) is 0 Å². The van der Waals surface area contributed by atoms with Crippen LogP contribution in [0.5, 0.6) is 0 Å². The van der Waals surface area contributed by atoms with Crippen LogP contribution in [0.25, 0.3) is 11.0 Å². The zero-order valence-corrected chi connectivity index (χ0v) is 16.7. The van der Waals surface area contributed by atoms with Gasteiger partial charge in [-0.3, -0.25) is 9.13 Å². The molecule has 0 amide bonds. The van der Waals surface area contributed by atoms with Crippen molar-refractivity contribution in [1.29, 1.82) is 0 Å². The van der Waals surface area contributed by atoms with Gasteiger partial charge in [-0.25, -0.2) is 4.79 Å². The molecule has 1 aromatic heterocycles. The highest BCUT2D eigenvalue weighted by atomic mass is 35.5. The lowest BCUT2D eigenvalue weighted by Crippen LogP contribution is -2.27. The first-order chi connectivity index (χ1) is 10.6. The molecule has 0 atom stereocenters. The number of nitrogens with one attached hydrogen (secondary N) is 1. The molecule has 138 valence electrons. The zero-order chi connectivity index (χ0) is 16.1. The SMILES string of the molecule is CCN(CC)CCCNCc1ccc2c(c1)n(C)c(=O)n2C.Cl.Cl. The number of nitrogens with zero attached hydrogens (tertiary/aromatic N) is 3. The zero-order valence-electron chi connectivity index (χ0n) is 15.0. The summed E-state index contributed by atoms with van der Waals surface area (Å²) in [5, 5.41) is 3.49. The van der Waals surface area contributed by atoms with Crippen LogP contribution in [0.4, 0.5) is 0 Å². The Morgan fingerprint density at radius 1 is 1.04 bits per heavy atom. The Balaban J connectivity index is 0.00000264. The summed E-state index contributed by atoms with van der Waals surface area (Å²) in [4.78, 5) is 14.4. The molecule has 0 bridgehead atoms. The minimum atomic E-state index is 0. The molecule has 1 aromatic carbocycles. The number of fused-ring (bicyclic) bond motifs is 1. The molecular weight excluding hydrogens is 347 g/mol. The van der Waals surface area contributed by atoms with Crippen molar-refractivity contribution in [2.75, 3.05) is 26.2 Å². The second kappa shape index (κ2) is 10.8.